The van der Waals surface area contributed by atoms with E-state index in [0.29, 0.717) is 36.2 Å². The third-order valence-electron chi connectivity index (χ3n) is 4.40. The molecule has 0 fully saturated rings. The van der Waals surface area contributed by atoms with Crippen LogP contribution in [0.25, 0.3) is 0 Å². The average Bonchev–Trinajstić information content (AvgIpc) is 3.21. The molecule has 0 bridgehead atoms. The van der Waals surface area contributed by atoms with Gasteiger partial charge in [0.2, 0.25) is 0 Å². The topological polar surface area (TPSA) is 85.0 Å². The highest BCUT2D eigenvalue weighted by Gasteiger charge is 2.25. The summed E-state index contributed by atoms with van der Waals surface area (Å²) in [5.74, 6) is 1.16. The lowest BCUT2D eigenvalue weighted by Crippen LogP contribution is -2.32. The third-order valence-corrected chi connectivity index (χ3v) is 5.49. The highest BCUT2D eigenvalue weighted by molar-refractivity contribution is 8.13. The maximum absolute atomic E-state index is 12.9. The fourth-order valence-corrected chi connectivity index (χ4v) is 3.82. The Morgan fingerprint density at radius 1 is 1.28 bits per heavy atom. The van der Waals surface area contributed by atoms with Gasteiger partial charge in [0.15, 0.2) is 5.17 Å². The minimum Gasteiger partial charge on any atom is -0.494 e. The molecule has 3 rings (SSSR count). The molecular formula is C21H23N3O4S. The van der Waals surface area contributed by atoms with Crippen LogP contribution in [0.3, 0.4) is 0 Å². The summed E-state index contributed by atoms with van der Waals surface area (Å²) in [4.78, 5) is 29.5. The molecule has 0 aliphatic carbocycles. The fourth-order valence-electron chi connectivity index (χ4n) is 2.83. The first kappa shape index (κ1) is 20.9. The van der Waals surface area contributed by atoms with E-state index in [1.54, 1.807) is 29.2 Å². The van der Waals surface area contributed by atoms with Crippen molar-refractivity contribution < 1.29 is 14.5 Å². The fraction of sp³-hybridized carbons (Fsp3) is 0.333. The number of amidine groups is 1. The van der Waals surface area contributed by atoms with Gasteiger partial charge in [-0.2, -0.15) is 0 Å². The lowest BCUT2D eigenvalue weighted by molar-refractivity contribution is -0.384. The highest BCUT2D eigenvalue weighted by Crippen LogP contribution is 2.24. The number of non-ortho nitro benzene ring substituents is 1. The lowest BCUT2D eigenvalue weighted by Gasteiger charge is -2.18. The van der Waals surface area contributed by atoms with E-state index in [1.807, 2.05) is 18.2 Å². The number of unbranched alkanes of at least 4 members (excludes halogenated alkanes) is 1. The molecule has 0 spiro atoms. The van der Waals surface area contributed by atoms with Crippen LogP contribution < -0.4 is 4.74 Å². The van der Waals surface area contributed by atoms with Crippen molar-refractivity contribution in [3.05, 3.63) is 69.8 Å². The Labute approximate surface area is 173 Å². The summed E-state index contributed by atoms with van der Waals surface area (Å²) in [6.45, 7) is 3.87. The molecule has 1 aliphatic heterocycles. The molecule has 0 saturated heterocycles. The van der Waals surface area contributed by atoms with Crippen molar-refractivity contribution >= 4 is 28.5 Å². The normalized spacial score (nSPS) is 13.3. The van der Waals surface area contributed by atoms with Gasteiger partial charge in [0, 0.05) is 30.0 Å². The highest BCUT2D eigenvalue weighted by atomic mass is 32.2. The van der Waals surface area contributed by atoms with Crippen LogP contribution in [0.2, 0.25) is 0 Å². The van der Waals surface area contributed by atoms with E-state index < -0.39 is 4.92 Å². The van der Waals surface area contributed by atoms with Crippen molar-refractivity contribution in [3.8, 4) is 5.75 Å². The van der Waals surface area contributed by atoms with Crippen LogP contribution in [0.4, 0.5) is 5.69 Å². The van der Waals surface area contributed by atoms with Crippen LogP contribution in [0, 0.1) is 10.1 Å². The summed E-state index contributed by atoms with van der Waals surface area (Å²) in [5.41, 5.74) is 1.46. The summed E-state index contributed by atoms with van der Waals surface area (Å²) >= 11 is 1.41. The average molecular weight is 413 g/mol. The summed E-state index contributed by atoms with van der Waals surface area (Å²) in [5, 5.41) is 11.6. The molecule has 0 atom stereocenters. The Bertz CT molecular complexity index is 899. The molecule has 0 N–H and O–H groups in total. The second kappa shape index (κ2) is 10.1. The van der Waals surface area contributed by atoms with Gasteiger partial charge in [0.25, 0.3) is 11.6 Å². The Morgan fingerprint density at radius 2 is 2.07 bits per heavy atom. The third kappa shape index (κ3) is 5.57. The first-order valence-corrected chi connectivity index (χ1v) is 10.5. The van der Waals surface area contributed by atoms with Gasteiger partial charge in [0.05, 0.1) is 18.1 Å². The van der Waals surface area contributed by atoms with E-state index in [9.17, 15) is 14.9 Å². The molecule has 29 heavy (non-hydrogen) atoms. The van der Waals surface area contributed by atoms with Crippen LogP contribution >= 0.6 is 11.8 Å². The number of carbonyl (C=O) groups is 1. The lowest BCUT2D eigenvalue weighted by atomic mass is 10.2. The number of thioether (sulfide) groups is 1. The maximum atomic E-state index is 12.9. The van der Waals surface area contributed by atoms with E-state index >= 15 is 0 Å². The number of nitrogens with zero attached hydrogens (tertiary/aromatic N) is 3. The number of carbonyl (C=O) groups excluding carboxylic acids is 1. The second-order valence-corrected chi connectivity index (χ2v) is 7.51. The number of hydrogen-bond acceptors (Lipinski definition) is 6. The number of hydrogen-bond donors (Lipinski definition) is 0. The molecule has 1 amide bonds. The zero-order valence-electron chi connectivity index (χ0n) is 16.2. The smallest absolute Gasteiger partial charge is 0.269 e. The van der Waals surface area contributed by atoms with Gasteiger partial charge in [-0.15, -0.1) is 0 Å². The first-order valence-electron chi connectivity index (χ1n) is 9.54. The van der Waals surface area contributed by atoms with E-state index in [0.717, 1.165) is 24.2 Å². The number of nitro benzene ring substituents is 1. The quantitative estimate of drug-likeness (QED) is 0.361. The van der Waals surface area contributed by atoms with Gasteiger partial charge in [0.1, 0.15) is 5.75 Å². The molecule has 1 aliphatic rings. The van der Waals surface area contributed by atoms with E-state index in [1.165, 1.54) is 17.8 Å². The Balaban J connectivity index is 1.60. The number of ether oxygens (including phenoxy) is 1. The number of amides is 1. The van der Waals surface area contributed by atoms with Crippen LogP contribution in [0.5, 0.6) is 5.75 Å². The molecule has 1 heterocycles. The summed E-state index contributed by atoms with van der Waals surface area (Å²) in [6, 6.07) is 13.7. The number of benzene rings is 2. The molecule has 0 aromatic heterocycles. The number of aliphatic imine (C=N–C) groups is 1. The van der Waals surface area contributed by atoms with Crippen molar-refractivity contribution in [1.82, 2.24) is 4.90 Å². The summed E-state index contributed by atoms with van der Waals surface area (Å²) < 4.78 is 5.64. The van der Waals surface area contributed by atoms with E-state index in [4.69, 9.17) is 4.74 Å². The van der Waals surface area contributed by atoms with E-state index in [-0.39, 0.29) is 11.6 Å². The zero-order chi connectivity index (χ0) is 20.6. The monoisotopic (exact) mass is 413 g/mol. The first-order chi connectivity index (χ1) is 14.1. The van der Waals surface area contributed by atoms with Crippen LogP contribution in [0.15, 0.2) is 53.5 Å². The number of nitro groups is 1. The van der Waals surface area contributed by atoms with Gasteiger partial charge in [-0.1, -0.05) is 37.2 Å². The minimum atomic E-state index is -0.410. The predicted molar refractivity (Wildman–Crippen MR) is 115 cm³/mol. The van der Waals surface area contributed by atoms with Crippen LogP contribution in [-0.2, 0) is 5.75 Å². The molecule has 8 heteroatoms. The largest absolute Gasteiger partial charge is 0.494 e. The molecule has 0 unspecified atom stereocenters. The molecule has 0 saturated carbocycles. The Morgan fingerprint density at radius 3 is 2.79 bits per heavy atom. The van der Waals surface area contributed by atoms with Crippen molar-refractivity contribution in [2.75, 3.05) is 19.7 Å². The maximum Gasteiger partial charge on any atom is 0.269 e. The zero-order valence-corrected chi connectivity index (χ0v) is 17.1. The molecule has 152 valence electrons. The Hall–Kier alpha value is -2.87. The number of rotatable bonds is 8. The minimum absolute atomic E-state index is 0.0608. The standard InChI is InChI=1S/C21H23N3O4S/c1-2-3-13-28-19-9-7-17(8-10-19)20(25)23-12-11-22-21(23)29-15-16-5-4-6-18(14-16)24(26)27/h4-10,14H,2-3,11-13,15H2,1H3. The van der Waals surface area contributed by atoms with Crippen LogP contribution in [0.1, 0.15) is 35.7 Å². The van der Waals surface area contributed by atoms with E-state index in [2.05, 4.69) is 11.9 Å². The SMILES string of the molecule is CCCCOc1ccc(C(=O)N2CCN=C2SCc2cccc([N+](=O)[O-])c2)cc1. The molecular weight excluding hydrogens is 390 g/mol. The molecule has 2 aromatic carbocycles. The predicted octanol–water partition coefficient (Wildman–Crippen LogP) is 4.52. The summed E-state index contributed by atoms with van der Waals surface area (Å²) in [7, 11) is 0. The van der Waals surface area contributed by atoms with Crippen molar-refractivity contribution in [1.29, 1.82) is 0 Å². The van der Waals surface area contributed by atoms with Gasteiger partial charge in [-0.05, 0) is 36.2 Å². The van der Waals surface area contributed by atoms with Crippen molar-refractivity contribution in [2.24, 2.45) is 4.99 Å². The molecule has 7 nitrogen and oxygen atoms in total. The van der Waals surface area contributed by atoms with Crippen molar-refractivity contribution in [3.63, 3.8) is 0 Å². The Kier molecular flexibility index (Phi) is 7.24. The molecule has 0 radical (unpaired) electrons. The second-order valence-electron chi connectivity index (χ2n) is 6.56. The van der Waals surface area contributed by atoms with Crippen LogP contribution in [-0.4, -0.2) is 40.6 Å². The van der Waals surface area contributed by atoms with Gasteiger partial charge >= 0.3 is 0 Å². The van der Waals surface area contributed by atoms with Gasteiger partial charge in [-0.3, -0.25) is 24.8 Å². The van der Waals surface area contributed by atoms with Gasteiger partial charge < -0.3 is 4.74 Å². The molecule has 2 aromatic rings. The van der Waals surface area contributed by atoms with Crippen molar-refractivity contribution in [2.45, 2.75) is 25.5 Å². The van der Waals surface area contributed by atoms with Gasteiger partial charge in [-0.25, -0.2) is 0 Å². The summed E-state index contributed by atoms with van der Waals surface area (Å²) in [6.07, 6.45) is 2.07.